The lowest BCUT2D eigenvalue weighted by Crippen LogP contribution is -2.26. The molecule has 0 saturated carbocycles. The van der Waals surface area contributed by atoms with Crippen molar-refractivity contribution in [2.75, 3.05) is 13.1 Å². The van der Waals surface area contributed by atoms with Gasteiger partial charge in [-0.25, -0.2) is 0 Å². The van der Waals surface area contributed by atoms with Crippen LogP contribution in [-0.4, -0.2) is 13.1 Å². The van der Waals surface area contributed by atoms with Gasteiger partial charge in [0, 0.05) is 0 Å². The summed E-state index contributed by atoms with van der Waals surface area (Å²) in [5.74, 6) is 0.722. The number of rotatable bonds is 3. The van der Waals surface area contributed by atoms with E-state index in [4.69, 9.17) is 0 Å². The average molecular weight is 263 g/mol. The molecule has 1 aliphatic rings. The second kappa shape index (κ2) is 6.53. The van der Waals surface area contributed by atoms with Crippen LogP contribution in [-0.2, 0) is 0 Å². The third kappa shape index (κ3) is 3.17. The molecule has 3 rings (SSSR count). The normalized spacial score (nSPS) is 16.6. The van der Waals surface area contributed by atoms with Crippen LogP contribution in [0.15, 0.2) is 60.7 Å². The van der Waals surface area contributed by atoms with Gasteiger partial charge in [-0.15, -0.1) is 0 Å². The van der Waals surface area contributed by atoms with Crippen molar-refractivity contribution >= 4 is 6.08 Å². The largest absolute Gasteiger partial charge is 0.317 e. The molecule has 0 radical (unpaired) electrons. The van der Waals surface area contributed by atoms with Gasteiger partial charge in [-0.2, -0.15) is 0 Å². The van der Waals surface area contributed by atoms with Crippen molar-refractivity contribution in [1.82, 2.24) is 5.32 Å². The van der Waals surface area contributed by atoms with Crippen molar-refractivity contribution in [1.29, 1.82) is 0 Å². The van der Waals surface area contributed by atoms with Crippen molar-refractivity contribution in [2.45, 2.75) is 12.8 Å². The highest BCUT2D eigenvalue weighted by molar-refractivity contribution is 5.75. The summed E-state index contributed by atoms with van der Waals surface area (Å²) in [7, 11) is 0. The number of allylic oxidation sites excluding steroid dienone is 1. The third-order valence-electron chi connectivity index (χ3n) is 3.98. The van der Waals surface area contributed by atoms with Crippen molar-refractivity contribution in [3.63, 3.8) is 0 Å². The van der Waals surface area contributed by atoms with Crippen molar-refractivity contribution in [2.24, 2.45) is 5.92 Å². The molecule has 1 saturated heterocycles. The predicted molar refractivity (Wildman–Crippen MR) is 86.5 cm³/mol. The van der Waals surface area contributed by atoms with E-state index in [0.717, 1.165) is 19.0 Å². The summed E-state index contributed by atoms with van der Waals surface area (Å²) >= 11 is 0. The molecular formula is C19H21N. The first-order valence-corrected chi connectivity index (χ1v) is 7.47. The van der Waals surface area contributed by atoms with E-state index in [1.807, 2.05) is 0 Å². The Morgan fingerprint density at radius 1 is 0.850 bits per heavy atom. The molecule has 0 atom stereocenters. The van der Waals surface area contributed by atoms with E-state index in [2.05, 4.69) is 72.1 Å². The van der Waals surface area contributed by atoms with Gasteiger partial charge in [0.2, 0.25) is 0 Å². The molecule has 0 unspecified atom stereocenters. The van der Waals surface area contributed by atoms with Crippen LogP contribution >= 0.6 is 0 Å². The van der Waals surface area contributed by atoms with Crippen molar-refractivity contribution in [3.8, 4) is 11.1 Å². The summed E-state index contributed by atoms with van der Waals surface area (Å²) in [6.45, 7) is 2.30. The second-order valence-corrected chi connectivity index (χ2v) is 5.40. The molecule has 1 aliphatic heterocycles. The van der Waals surface area contributed by atoms with Gasteiger partial charge < -0.3 is 5.32 Å². The van der Waals surface area contributed by atoms with Gasteiger partial charge in [0.15, 0.2) is 0 Å². The fourth-order valence-electron chi connectivity index (χ4n) is 2.80. The molecule has 1 heteroatoms. The minimum atomic E-state index is 0.722. The molecule has 20 heavy (non-hydrogen) atoms. The van der Waals surface area contributed by atoms with Crippen LogP contribution in [0, 0.1) is 5.92 Å². The molecule has 1 heterocycles. The van der Waals surface area contributed by atoms with Gasteiger partial charge in [0.1, 0.15) is 0 Å². The Hall–Kier alpha value is -1.86. The molecule has 0 aromatic heterocycles. The van der Waals surface area contributed by atoms with E-state index in [1.54, 1.807) is 0 Å². The number of nitrogens with one attached hydrogen (secondary N) is 1. The Morgan fingerprint density at radius 3 is 2.35 bits per heavy atom. The molecule has 1 nitrogen and oxygen atoms in total. The number of hydrogen-bond acceptors (Lipinski definition) is 1. The Labute approximate surface area is 121 Å². The molecule has 102 valence electrons. The topological polar surface area (TPSA) is 12.0 Å². The molecule has 2 aromatic carbocycles. The average Bonchev–Trinajstić information content (AvgIpc) is 2.55. The summed E-state index contributed by atoms with van der Waals surface area (Å²) in [6.07, 6.45) is 7.20. The maximum absolute atomic E-state index is 3.42. The smallest absolute Gasteiger partial charge is 0.00433 e. The molecule has 1 fully saturated rings. The Balaban J connectivity index is 1.84. The van der Waals surface area contributed by atoms with Gasteiger partial charge in [-0.3, -0.25) is 0 Å². The first-order chi connectivity index (χ1) is 9.93. The highest BCUT2D eigenvalue weighted by Gasteiger charge is 2.09. The first-order valence-electron chi connectivity index (χ1n) is 7.47. The van der Waals surface area contributed by atoms with Crippen LogP contribution in [0.5, 0.6) is 0 Å². The molecule has 0 aliphatic carbocycles. The molecule has 0 bridgehead atoms. The van der Waals surface area contributed by atoms with E-state index in [9.17, 15) is 0 Å². The van der Waals surface area contributed by atoms with Crippen LogP contribution in [0.4, 0.5) is 0 Å². The zero-order chi connectivity index (χ0) is 13.6. The lowest BCUT2D eigenvalue weighted by molar-refractivity contribution is 0.438. The van der Waals surface area contributed by atoms with E-state index < -0.39 is 0 Å². The van der Waals surface area contributed by atoms with Crippen LogP contribution in [0.2, 0.25) is 0 Å². The Kier molecular flexibility index (Phi) is 4.29. The molecule has 0 amide bonds. The monoisotopic (exact) mass is 263 g/mol. The van der Waals surface area contributed by atoms with E-state index in [1.165, 1.54) is 29.5 Å². The highest BCUT2D eigenvalue weighted by Crippen LogP contribution is 2.25. The number of hydrogen-bond donors (Lipinski definition) is 1. The molecular weight excluding hydrogens is 242 g/mol. The SMILES string of the molecule is C(=CC1CCNCC1)c1ccccc1-c1ccccc1. The second-order valence-electron chi connectivity index (χ2n) is 5.40. The Bertz CT molecular complexity index is 565. The lowest BCUT2D eigenvalue weighted by Gasteiger charge is -2.19. The first kappa shape index (κ1) is 13.1. The fourth-order valence-corrected chi connectivity index (χ4v) is 2.80. The standard InChI is InChI=1S/C19H21N/c1-2-6-17(7-3-1)19-9-5-4-8-18(19)11-10-16-12-14-20-15-13-16/h1-11,16,20H,12-15H2. The number of piperidine rings is 1. The summed E-state index contributed by atoms with van der Waals surface area (Å²) in [4.78, 5) is 0. The van der Waals surface area contributed by atoms with Crippen LogP contribution in [0.1, 0.15) is 18.4 Å². The van der Waals surface area contributed by atoms with Gasteiger partial charge >= 0.3 is 0 Å². The summed E-state index contributed by atoms with van der Waals surface area (Å²) in [6, 6.07) is 19.3. The van der Waals surface area contributed by atoms with Crippen molar-refractivity contribution in [3.05, 3.63) is 66.2 Å². The van der Waals surface area contributed by atoms with Crippen molar-refractivity contribution < 1.29 is 0 Å². The predicted octanol–water partition coefficient (Wildman–Crippen LogP) is 4.37. The third-order valence-corrected chi connectivity index (χ3v) is 3.98. The van der Waals surface area contributed by atoms with E-state index in [0.29, 0.717) is 0 Å². The van der Waals surface area contributed by atoms with Crippen LogP contribution < -0.4 is 5.32 Å². The quantitative estimate of drug-likeness (QED) is 0.867. The maximum Gasteiger partial charge on any atom is -0.00433 e. The molecule has 0 spiro atoms. The summed E-state index contributed by atoms with van der Waals surface area (Å²) in [5.41, 5.74) is 3.92. The van der Waals surface area contributed by atoms with Crippen LogP contribution in [0.3, 0.4) is 0 Å². The van der Waals surface area contributed by atoms with Gasteiger partial charge in [-0.05, 0) is 48.5 Å². The van der Waals surface area contributed by atoms with E-state index >= 15 is 0 Å². The summed E-state index contributed by atoms with van der Waals surface area (Å²) in [5, 5.41) is 3.42. The lowest BCUT2D eigenvalue weighted by atomic mass is 9.94. The molecule has 1 N–H and O–H groups in total. The van der Waals surface area contributed by atoms with Gasteiger partial charge in [0.05, 0.1) is 0 Å². The van der Waals surface area contributed by atoms with Gasteiger partial charge in [-0.1, -0.05) is 66.7 Å². The van der Waals surface area contributed by atoms with E-state index in [-0.39, 0.29) is 0 Å². The molecule has 2 aromatic rings. The van der Waals surface area contributed by atoms with Gasteiger partial charge in [0.25, 0.3) is 0 Å². The van der Waals surface area contributed by atoms with Crippen LogP contribution in [0.25, 0.3) is 17.2 Å². The Morgan fingerprint density at radius 2 is 1.55 bits per heavy atom. The highest BCUT2D eigenvalue weighted by atomic mass is 14.9. The zero-order valence-corrected chi connectivity index (χ0v) is 11.8. The maximum atomic E-state index is 3.42. The summed E-state index contributed by atoms with van der Waals surface area (Å²) < 4.78 is 0. The minimum absolute atomic E-state index is 0.722. The number of benzene rings is 2. The fraction of sp³-hybridized carbons (Fsp3) is 0.263. The minimum Gasteiger partial charge on any atom is -0.317 e. The zero-order valence-electron chi connectivity index (χ0n) is 11.8.